The van der Waals surface area contributed by atoms with E-state index in [1.807, 2.05) is 76.5 Å². The van der Waals surface area contributed by atoms with Crippen molar-refractivity contribution in [3.05, 3.63) is 110 Å². The van der Waals surface area contributed by atoms with Gasteiger partial charge in [-0.25, -0.2) is 4.98 Å². The smallest absolute Gasteiger partial charge is 0.282 e. The summed E-state index contributed by atoms with van der Waals surface area (Å²) in [7, 11) is 0. The summed E-state index contributed by atoms with van der Waals surface area (Å²) in [5.74, 6) is 0.913. The Balaban J connectivity index is 0.729. The minimum atomic E-state index is -0.853. The zero-order chi connectivity index (χ0) is 49.1. The van der Waals surface area contributed by atoms with Crippen molar-refractivity contribution in [2.75, 3.05) is 26.2 Å². The van der Waals surface area contributed by atoms with Crippen LogP contribution < -0.4 is 16.2 Å². The summed E-state index contributed by atoms with van der Waals surface area (Å²) in [6, 6.07) is 18.8. The van der Waals surface area contributed by atoms with E-state index in [0.29, 0.717) is 22.2 Å². The molecule has 70 heavy (non-hydrogen) atoms. The molecular formula is C56H68ClN7O5S. The second-order valence-corrected chi connectivity index (χ2v) is 23.5. The molecule has 4 atom stereocenters. The molecule has 5 heterocycles. The molecule has 5 aromatic rings. The number of likely N-dealkylation sites (tertiary alicyclic amines) is 2. The number of aryl methyl sites for hydroxylation is 1. The van der Waals surface area contributed by atoms with E-state index in [0.717, 1.165) is 123 Å². The summed E-state index contributed by atoms with van der Waals surface area (Å²) < 4.78 is 2.23. The van der Waals surface area contributed by atoms with Gasteiger partial charge in [0, 0.05) is 25.4 Å². The van der Waals surface area contributed by atoms with E-state index >= 15 is 0 Å². The summed E-state index contributed by atoms with van der Waals surface area (Å²) in [6.07, 6.45) is 10.4. The van der Waals surface area contributed by atoms with Crippen LogP contribution >= 0.6 is 22.9 Å². The average molecular weight is 987 g/mol. The van der Waals surface area contributed by atoms with Crippen LogP contribution in [-0.4, -0.2) is 91.5 Å². The Morgan fingerprint density at radius 2 is 1.66 bits per heavy atom. The van der Waals surface area contributed by atoms with Crippen LogP contribution in [0.5, 0.6) is 0 Å². The van der Waals surface area contributed by atoms with Gasteiger partial charge in [0.1, 0.15) is 17.9 Å². The second-order valence-electron chi connectivity index (χ2n) is 22.2. The number of fused-ring (bicyclic) bond motifs is 7. The van der Waals surface area contributed by atoms with Crippen molar-refractivity contribution >= 4 is 51.6 Å². The first-order valence-electron chi connectivity index (χ1n) is 25.8. The average Bonchev–Trinajstić information content (AvgIpc) is 4.04. The maximum absolute atomic E-state index is 14.4. The van der Waals surface area contributed by atoms with E-state index in [1.54, 1.807) is 17.4 Å². The lowest BCUT2D eigenvalue weighted by molar-refractivity contribution is -0.145. The van der Waals surface area contributed by atoms with Crippen molar-refractivity contribution in [1.82, 2.24) is 35.0 Å². The molecule has 3 amide bonds. The number of nitrogens with zero attached hydrogens (tertiary/aromatic N) is 5. The number of benzene rings is 3. The number of nitrogens with one attached hydrogen (secondary N) is 2. The van der Waals surface area contributed by atoms with Crippen molar-refractivity contribution in [2.45, 2.75) is 147 Å². The van der Waals surface area contributed by atoms with Crippen LogP contribution in [0.1, 0.15) is 145 Å². The van der Waals surface area contributed by atoms with Crippen LogP contribution in [0.4, 0.5) is 0 Å². The number of aliphatic hydroxyl groups excluding tert-OH is 1. The van der Waals surface area contributed by atoms with E-state index in [1.165, 1.54) is 22.4 Å². The number of carbonyl (C=O) groups excluding carboxylic acids is 3. The highest BCUT2D eigenvalue weighted by Crippen LogP contribution is 2.52. The number of aromatic nitrogens is 3. The zero-order valence-corrected chi connectivity index (χ0v) is 42.9. The largest absolute Gasteiger partial charge is 0.391 e. The molecule has 12 nitrogen and oxygen atoms in total. The van der Waals surface area contributed by atoms with E-state index in [4.69, 9.17) is 16.6 Å². The minimum absolute atomic E-state index is 0.0383. The summed E-state index contributed by atoms with van der Waals surface area (Å²) in [6.45, 7) is 12.9. The van der Waals surface area contributed by atoms with Crippen molar-refractivity contribution < 1.29 is 19.5 Å². The molecule has 2 saturated heterocycles. The lowest BCUT2D eigenvalue weighted by atomic mass is 9.69. The molecule has 1 spiro atoms. The number of aliphatic hydroxyl groups is 1. The molecule has 370 valence electrons. The van der Waals surface area contributed by atoms with Gasteiger partial charge >= 0.3 is 0 Å². The number of hydrogen-bond acceptors (Lipinski definition) is 9. The van der Waals surface area contributed by atoms with Gasteiger partial charge in [0.05, 0.1) is 55.3 Å². The van der Waals surface area contributed by atoms with Gasteiger partial charge in [-0.1, -0.05) is 94.1 Å². The maximum atomic E-state index is 14.4. The second kappa shape index (κ2) is 19.6. The quantitative estimate of drug-likeness (QED) is 0.125. The summed E-state index contributed by atoms with van der Waals surface area (Å²) in [5.41, 5.74) is 8.38. The Hall–Kier alpha value is -4.95. The molecule has 0 bridgehead atoms. The maximum Gasteiger partial charge on any atom is 0.282 e. The highest BCUT2D eigenvalue weighted by Gasteiger charge is 2.48. The SMILES string of the molecule is Cc1ncsc1-c1ccc([C@H](C)NC(=O)[C@@H]2C[C@@H](O)CN2C(=O)[C@@H](NC(=O)[C@H]2CC[C@H](CN3CCC(c4ccc5c(c4)C4(CCCCC4)c4nc(=O)c6c(Cl)cccc6n4-5)CC3)CC2)C(C)(C)C)cc1. The van der Waals surface area contributed by atoms with Crippen molar-refractivity contribution in [3.63, 3.8) is 0 Å². The van der Waals surface area contributed by atoms with Gasteiger partial charge in [0.15, 0.2) is 0 Å². The van der Waals surface area contributed by atoms with E-state index in [-0.39, 0.29) is 53.6 Å². The normalized spacial score (nSPS) is 23.5. The van der Waals surface area contributed by atoms with E-state index in [2.05, 4.69) is 43.3 Å². The zero-order valence-electron chi connectivity index (χ0n) is 41.3. The Morgan fingerprint density at radius 3 is 2.34 bits per heavy atom. The molecule has 4 fully saturated rings. The minimum Gasteiger partial charge on any atom is -0.391 e. The third-order valence-electron chi connectivity index (χ3n) is 16.6. The molecule has 10 rings (SSSR count). The fraction of sp³-hybridized carbons (Fsp3) is 0.536. The molecule has 14 heteroatoms. The van der Waals surface area contributed by atoms with Crippen LogP contribution in [0.3, 0.4) is 0 Å². The number of hydrogen-bond donors (Lipinski definition) is 3. The van der Waals surface area contributed by atoms with Crippen molar-refractivity contribution in [2.24, 2.45) is 17.3 Å². The Kier molecular flexibility index (Phi) is 13.6. The lowest BCUT2D eigenvalue weighted by Crippen LogP contribution is -2.58. The first-order chi connectivity index (χ1) is 33.6. The Morgan fingerprint density at radius 1 is 0.929 bits per heavy atom. The predicted octanol–water partition coefficient (Wildman–Crippen LogP) is 9.39. The molecule has 0 radical (unpaired) electrons. The number of thiazole rings is 1. The van der Waals surface area contributed by atoms with Crippen LogP contribution in [0.2, 0.25) is 5.02 Å². The number of piperidine rings is 1. The van der Waals surface area contributed by atoms with E-state index in [9.17, 15) is 24.3 Å². The molecule has 0 unspecified atom stereocenters. The Bertz CT molecular complexity index is 2830. The molecular weight excluding hydrogens is 918 g/mol. The number of amides is 3. The first-order valence-corrected chi connectivity index (χ1v) is 27.0. The molecule has 2 aliphatic carbocycles. The van der Waals surface area contributed by atoms with Crippen LogP contribution in [-0.2, 0) is 19.8 Å². The van der Waals surface area contributed by atoms with Crippen molar-refractivity contribution in [3.8, 4) is 16.1 Å². The highest BCUT2D eigenvalue weighted by molar-refractivity contribution is 7.13. The number of rotatable bonds is 10. The van der Waals surface area contributed by atoms with Crippen LogP contribution in [0, 0.1) is 24.2 Å². The Labute approximate surface area is 420 Å². The van der Waals surface area contributed by atoms with E-state index < -0.39 is 23.6 Å². The number of halogens is 1. The fourth-order valence-corrected chi connectivity index (χ4v) is 13.7. The highest BCUT2D eigenvalue weighted by atomic mass is 35.5. The molecule has 5 aliphatic rings. The van der Waals surface area contributed by atoms with Gasteiger partial charge in [-0.05, 0) is 136 Å². The van der Waals surface area contributed by atoms with Crippen molar-refractivity contribution in [1.29, 1.82) is 0 Å². The molecule has 2 aromatic heterocycles. The van der Waals surface area contributed by atoms with Crippen LogP contribution in [0.25, 0.3) is 27.0 Å². The van der Waals surface area contributed by atoms with Gasteiger partial charge in [-0.2, -0.15) is 4.98 Å². The molecule has 3 aromatic carbocycles. The molecule has 3 aliphatic heterocycles. The first kappa shape index (κ1) is 48.7. The van der Waals surface area contributed by atoms with Gasteiger partial charge in [0.2, 0.25) is 17.7 Å². The molecule has 3 N–H and O–H groups in total. The van der Waals surface area contributed by atoms with Gasteiger partial charge in [-0.15, -0.1) is 11.3 Å². The van der Waals surface area contributed by atoms with Gasteiger partial charge in [-0.3, -0.25) is 23.7 Å². The summed E-state index contributed by atoms with van der Waals surface area (Å²) in [5, 5.41) is 18.0. The van der Waals surface area contributed by atoms with Gasteiger partial charge < -0.3 is 25.5 Å². The topological polar surface area (TPSA) is 150 Å². The molecule has 2 saturated carbocycles. The number of β-amino-alcohol motifs (C(OH)–C–C–N with tert-alkyl or cyclic N) is 1. The summed E-state index contributed by atoms with van der Waals surface area (Å²) >= 11 is 8.19. The summed E-state index contributed by atoms with van der Waals surface area (Å²) in [4.78, 5) is 70.1. The lowest BCUT2D eigenvalue weighted by Gasteiger charge is -2.38. The van der Waals surface area contributed by atoms with Crippen LogP contribution in [0.15, 0.2) is 71.0 Å². The number of carbonyl (C=O) groups is 3. The standard InChI is InChI=1S/C56H68ClN7O5S/c1-33(36-16-18-38(19-17-36)48-34(2)58-32-70-48)59-51(67)46-29-41(65)31-63(46)53(69)49(55(3,4)5)60-50(66)39-14-12-35(13-15-39)30-62-26-22-37(23-27-62)40-20-21-44-42(28-40)56(24-7-6-8-25-56)54-61-52(68)47-43(57)10-9-11-45(47)64(44)54/h9-11,16-21,28,32-33,35,37,39,41,46,49,65H,6-8,12-15,22-27,29-31H2,1-5H3,(H,59,67)(H,60,66)/t33-,35-,39-,41+,46-,49+/m0/s1. The third-order valence-corrected chi connectivity index (χ3v) is 17.9. The predicted molar refractivity (Wildman–Crippen MR) is 276 cm³/mol. The fourth-order valence-electron chi connectivity index (χ4n) is 12.6. The van der Waals surface area contributed by atoms with Gasteiger partial charge in [0.25, 0.3) is 5.56 Å². The monoisotopic (exact) mass is 985 g/mol. The third kappa shape index (κ3) is 9.24.